The van der Waals surface area contributed by atoms with Gasteiger partial charge in [0.15, 0.2) is 0 Å². The van der Waals surface area contributed by atoms with Gasteiger partial charge in [0.2, 0.25) is 5.09 Å². The summed E-state index contributed by atoms with van der Waals surface area (Å²) in [6.45, 7) is 0.354. The summed E-state index contributed by atoms with van der Waals surface area (Å²) in [7, 11) is 0.0863. The van der Waals surface area contributed by atoms with Crippen molar-refractivity contribution in [1.29, 1.82) is 0 Å². The normalized spacial score (nSPS) is 11.4. The number of halogens is 1. The fourth-order valence-electron chi connectivity index (χ4n) is 1.83. The lowest BCUT2D eigenvalue weighted by Gasteiger charge is -2.18. The third-order valence-corrected chi connectivity index (χ3v) is 4.08. The fraction of sp³-hybridized carbons (Fsp3) is 0.231. The lowest BCUT2D eigenvalue weighted by Crippen LogP contribution is -2.12. The quantitative estimate of drug-likeness (QED) is 0.839. The highest BCUT2D eigenvalue weighted by atomic mass is 79.9. The Morgan fingerprint density at radius 1 is 1.29 bits per heavy atom. The van der Waals surface area contributed by atoms with E-state index in [1.54, 1.807) is 6.07 Å². The molecule has 0 saturated heterocycles. The maximum Gasteiger partial charge on any atom is 0.271 e. The molecule has 0 fully saturated rings. The van der Waals surface area contributed by atoms with Gasteiger partial charge < -0.3 is 14.6 Å². The molecule has 1 aromatic carbocycles. The average molecular weight is 374 g/mol. The Morgan fingerprint density at radius 3 is 2.57 bits per heavy atom. The first-order chi connectivity index (χ1) is 9.77. The van der Waals surface area contributed by atoms with Crippen molar-refractivity contribution < 1.29 is 12.8 Å². The van der Waals surface area contributed by atoms with Gasteiger partial charge in [-0.2, -0.15) is 0 Å². The molecule has 0 aliphatic rings. The third kappa shape index (κ3) is 3.99. The molecule has 0 spiro atoms. The Balaban J connectivity index is 2.17. The van der Waals surface area contributed by atoms with Crippen LogP contribution in [0.25, 0.3) is 0 Å². The van der Waals surface area contributed by atoms with Crippen molar-refractivity contribution in [3.8, 4) is 0 Å². The van der Waals surface area contributed by atoms with Gasteiger partial charge in [-0.05, 0) is 30.3 Å². The van der Waals surface area contributed by atoms with Gasteiger partial charge in [-0.15, -0.1) is 0 Å². The maximum absolute atomic E-state index is 11.2. The van der Waals surface area contributed by atoms with E-state index in [1.165, 1.54) is 6.07 Å². The van der Waals surface area contributed by atoms with Gasteiger partial charge in [-0.1, -0.05) is 15.9 Å². The number of rotatable bonds is 5. The molecule has 21 heavy (non-hydrogen) atoms. The largest absolute Gasteiger partial charge is 0.446 e. The molecule has 0 aliphatic carbocycles. The van der Waals surface area contributed by atoms with Crippen LogP contribution >= 0.6 is 15.9 Å². The number of hydrogen-bond donors (Lipinski definition) is 2. The van der Waals surface area contributed by atoms with Gasteiger partial charge in [0, 0.05) is 18.6 Å². The number of nitrogens with two attached hydrogens (primary N) is 1. The second-order valence-electron chi connectivity index (χ2n) is 4.68. The summed E-state index contributed by atoms with van der Waals surface area (Å²) in [6, 6.07) is 8.80. The van der Waals surface area contributed by atoms with Crippen LogP contribution in [0.15, 0.2) is 44.3 Å². The molecular formula is C13H16BrN3O3S. The Kier molecular flexibility index (Phi) is 4.60. The number of primary sulfonamides is 1. The second-order valence-corrected chi connectivity index (χ2v) is 7.08. The third-order valence-electron chi connectivity index (χ3n) is 2.81. The Morgan fingerprint density at radius 2 is 2.00 bits per heavy atom. The predicted molar refractivity (Wildman–Crippen MR) is 85.9 cm³/mol. The van der Waals surface area contributed by atoms with Crippen molar-refractivity contribution in [2.45, 2.75) is 11.6 Å². The van der Waals surface area contributed by atoms with Crippen molar-refractivity contribution in [2.75, 3.05) is 24.3 Å². The van der Waals surface area contributed by atoms with Crippen LogP contribution in [0.2, 0.25) is 0 Å². The highest BCUT2D eigenvalue weighted by molar-refractivity contribution is 9.10. The minimum Gasteiger partial charge on any atom is -0.446 e. The molecule has 3 N–H and O–H groups in total. The molecule has 2 aromatic rings. The van der Waals surface area contributed by atoms with Crippen LogP contribution in [-0.2, 0) is 16.6 Å². The van der Waals surface area contributed by atoms with Crippen LogP contribution in [-0.4, -0.2) is 22.5 Å². The van der Waals surface area contributed by atoms with E-state index in [0.29, 0.717) is 12.3 Å². The monoisotopic (exact) mass is 373 g/mol. The first-order valence-electron chi connectivity index (χ1n) is 6.09. The zero-order chi connectivity index (χ0) is 15.6. The molecule has 8 heteroatoms. The number of anilines is 2. The Hall–Kier alpha value is -1.51. The van der Waals surface area contributed by atoms with Crippen LogP contribution in [0.5, 0.6) is 0 Å². The zero-order valence-corrected chi connectivity index (χ0v) is 14.0. The molecular weight excluding hydrogens is 358 g/mol. The number of sulfonamides is 1. The molecule has 0 amide bonds. The molecule has 1 aromatic heterocycles. The van der Waals surface area contributed by atoms with Gasteiger partial charge in [-0.25, -0.2) is 13.6 Å². The number of nitrogens with one attached hydrogen (secondary N) is 1. The SMILES string of the molecule is CN(C)c1ccc(Br)cc1NCc1ccc(S(N)(=O)=O)o1. The van der Waals surface area contributed by atoms with Gasteiger partial charge in [0.05, 0.1) is 17.9 Å². The summed E-state index contributed by atoms with van der Waals surface area (Å²) in [5.74, 6) is 0.490. The van der Waals surface area contributed by atoms with Crippen molar-refractivity contribution in [2.24, 2.45) is 5.14 Å². The molecule has 0 bridgehead atoms. The van der Waals surface area contributed by atoms with Crippen LogP contribution in [0, 0.1) is 0 Å². The fourth-order valence-corrected chi connectivity index (χ4v) is 2.67. The summed E-state index contributed by atoms with van der Waals surface area (Å²) in [4.78, 5) is 1.98. The minimum absolute atomic E-state index is 0.235. The summed E-state index contributed by atoms with van der Waals surface area (Å²) >= 11 is 3.42. The lowest BCUT2D eigenvalue weighted by atomic mass is 10.2. The van der Waals surface area contributed by atoms with Gasteiger partial charge in [-0.3, -0.25) is 0 Å². The zero-order valence-electron chi connectivity index (χ0n) is 11.6. The minimum atomic E-state index is -3.80. The van der Waals surface area contributed by atoms with Gasteiger partial charge in [0.1, 0.15) is 5.76 Å². The summed E-state index contributed by atoms with van der Waals surface area (Å²) < 4.78 is 28.5. The van der Waals surface area contributed by atoms with E-state index in [-0.39, 0.29) is 5.09 Å². The molecule has 0 atom stereocenters. The van der Waals surface area contributed by atoms with E-state index in [2.05, 4.69) is 21.2 Å². The Labute approximate surface area is 132 Å². The van der Waals surface area contributed by atoms with E-state index in [1.807, 2.05) is 37.2 Å². The van der Waals surface area contributed by atoms with Crippen molar-refractivity contribution in [3.63, 3.8) is 0 Å². The Bertz CT molecular complexity index is 741. The van der Waals surface area contributed by atoms with Crippen molar-refractivity contribution >= 4 is 37.3 Å². The smallest absolute Gasteiger partial charge is 0.271 e. The highest BCUT2D eigenvalue weighted by Gasteiger charge is 2.13. The van der Waals surface area contributed by atoms with Crippen molar-refractivity contribution in [1.82, 2.24) is 0 Å². The average Bonchev–Trinajstić information content (AvgIpc) is 2.84. The van der Waals surface area contributed by atoms with Crippen LogP contribution < -0.4 is 15.4 Å². The summed E-state index contributed by atoms with van der Waals surface area (Å²) in [6.07, 6.45) is 0. The molecule has 0 saturated carbocycles. The van der Waals surface area contributed by atoms with Crippen LogP contribution in [0.1, 0.15) is 5.76 Å². The molecule has 114 valence electrons. The lowest BCUT2D eigenvalue weighted by molar-refractivity contribution is 0.419. The van der Waals surface area contributed by atoms with Crippen molar-refractivity contribution in [3.05, 3.63) is 40.6 Å². The number of furan rings is 1. The van der Waals surface area contributed by atoms with Crippen LogP contribution in [0.3, 0.4) is 0 Å². The standard InChI is InChI=1S/C13H16BrN3O3S/c1-17(2)12-5-3-9(14)7-11(12)16-8-10-4-6-13(20-10)21(15,18)19/h3-7,16H,8H2,1-2H3,(H2,15,18,19). The number of hydrogen-bond acceptors (Lipinski definition) is 5. The molecule has 6 nitrogen and oxygen atoms in total. The molecule has 0 unspecified atom stereocenters. The topological polar surface area (TPSA) is 88.6 Å². The summed E-state index contributed by atoms with van der Waals surface area (Å²) in [5, 5.41) is 7.99. The van der Waals surface area contributed by atoms with E-state index in [0.717, 1.165) is 15.8 Å². The molecule has 0 radical (unpaired) electrons. The van der Waals surface area contributed by atoms with E-state index >= 15 is 0 Å². The van der Waals surface area contributed by atoms with Gasteiger partial charge >= 0.3 is 0 Å². The number of benzene rings is 1. The first kappa shape index (κ1) is 15.9. The molecule has 2 rings (SSSR count). The van der Waals surface area contributed by atoms with Gasteiger partial charge in [0.25, 0.3) is 10.0 Å². The van der Waals surface area contributed by atoms with E-state index in [9.17, 15) is 8.42 Å². The summed E-state index contributed by atoms with van der Waals surface area (Å²) in [5.41, 5.74) is 1.92. The number of nitrogens with zero attached hydrogens (tertiary/aromatic N) is 1. The second kappa shape index (κ2) is 6.08. The van der Waals surface area contributed by atoms with E-state index < -0.39 is 10.0 Å². The highest BCUT2D eigenvalue weighted by Crippen LogP contribution is 2.28. The van der Waals surface area contributed by atoms with E-state index in [4.69, 9.17) is 9.56 Å². The first-order valence-corrected chi connectivity index (χ1v) is 8.43. The maximum atomic E-state index is 11.2. The predicted octanol–water partition coefficient (Wildman–Crippen LogP) is 2.37. The molecule has 1 heterocycles. The van der Waals surface area contributed by atoms with Crippen LogP contribution in [0.4, 0.5) is 11.4 Å². The molecule has 0 aliphatic heterocycles.